The van der Waals surface area contributed by atoms with E-state index in [2.05, 4.69) is 111 Å². The molecule has 0 aliphatic heterocycles. The van der Waals surface area contributed by atoms with E-state index in [1.165, 1.54) is 17.2 Å². The molecule has 266 valence electrons. The summed E-state index contributed by atoms with van der Waals surface area (Å²) in [6, 6.07) is 40.3. The number of para-hydroxylation sites is 2. The molecular formula is C47H37F3N4. The number of rotatable bonds is 3. The molecule has 6 aromatic carbocycles. The van der Waals surface area contributed by atoms with E-state index < -0.39 is 11.7 Å². The molecular weight excluding hydrogens is 678 g/mol. The molecule has 0 unspecified atom stereocenters. The molecule has 0 saturated heterocycles. The summed E-state index contributed by atoms with van der Waals surface area (Å²) in [5.74, 6) is 0. The molecule has 0 spiro atoms. The lowest BCUT2D eigenvalue weighted by molar-refractivity contribution is -0.137. The lowest BCUT2D eigenvalue weighted by atomic mass is 9.86. The lowest BCUT2D eigenvalue weighted by Gasteiger charge is -2.21. The molecule has 0 amide bonds. The van der Waals surface area contributed by atoms with Crippen LogP contribution in [-0.2, 0) is 17.0 Å². The monoisotopic (exact) mass is 714 g/mol. The largest absolute Gasteiger partial charge is 0.416 e. The summed E-state index contributed by atoms with van der Waals surface area (Å²) < 4.78 is 47.0. The van der Waals surface area contributed by atoms with Gasteiger partial charge in [0.1, 0.15) is 0 Å². The van der Waals surface area contributed by atoms with Crippen molar-refractivity contribution in [3.8, 4) is 34.6 Å². The van der Waals surface area contributed by atoms with Crippen molar-refractivity contribution in [2.24, 2.45) is 0 Å². The topological polar surface area (TPSA) is 57.4 Å². The van der Waals surface area contributed by atoms with Crippen molar-refractivity contribution < 1.29 is 13.2 Å². The summed E-state index contributed by atoms with van der Waals surface area (Å²) in [6.45, 7) is 13.1. The average molecular weight is 715 g/mol. The maximum absolute atomic E-state index is 14.2. The van der Waals surface area contributed by atoms with E-state index in [4.69, 9.17) is 0 Å². The second-order valence-corrected chi connectivity index (χ2v) is 16.1. The highest BCUT2D eigenvalue weighted by atomic mass is 19.4. The Morgan fingerprint density at radius 2 is 0.963 bits per heavy atom. The number of aromatic nitrogens is 2. The van der Waals surface area contributed by atoms with Gasteiger partial charge in [0.05, 0.1) is 62.3 Å². The van der Waals surface area contributed by atoms with Crippen LogP contribution in [0, 0.1) is 22.7 Å². The summed E-state index contributed by atoms with van der Waals surface area (Å²) in [5.41, 5.74) is 6.74. The Balaban J connectivity index is 1.56. The minimum Gasteiger partial charge on any atom is -0.307 e. The van der Waals surface area contributed by atoms with Crippen molar-refractivity contribution >= 4 is 43.6 Å². The van der Waals surface area contributed by atoms with Gasteiger partial charge < -0.3 is 9.13 Å². The first kappa shape index (κ1) is 34.8. The standard InChI is InChI=1S/C47H37F3N4/c1-45(2,3)31-15-17-41-37(23-31)34-11-7-9-13-39(34)53(41)43-22-30(27-52)36(29-19-28(26-51)20-33(21-29)47(48,49)50)25-44(43)54-40-14-10-8-12-35(40)38-24-32(46(4,5)6)16-18-42(38)54/h7-25H,1-6H3. The van der Waals surface area contributed by atoms with Crippen LogP contribution in [0.4, 0.5) is 13.2 Å². The van der Waals surface area contributed by atoms with Crippen LogP contribution in [0.1, 0.15) is 69.4 Å². The van der Waals surface area contributed by atoms with Gasteiger partial charge in [-0.3, -0.25) is 0 Å². The Kier molecular flexibility index (Phi) is 7.80. The van der Waals surface area contributed by atoms with Crippen LogP contribution >= 0.6 is 0 Å². The fraction of sp³-hybridized carbons (Fsp3) is 0.191. The summed E-state index contributed by atoms with van der Waals surface area (Å²) >= 11 is 0. The predicted octanol–water partition coefficient (Wildman–Crippen LogP) is 12.9. The molecule has 2 heterocycles. The van der Waals surface area contributed by atoms with Crippen LogP contribution in [0.5, 0.6) is 0 Å². The Bertz CT molecular complexity index is 2910. The van der Waals surface area contributed by atoms with Crippen molar-refractivity contribution in [3.05, 3.63) is 143 Å². The minimum atomic E-state index is -4.69. The molecule has 8 aromatic rings. The van der Waals surface area contributed by atoms with Crippen LogP contribution in [0.25, 0.3) is 66.1 Å². The zero-order valence-electron chi connectivity index (χ0n) is 30.9. The zero-order chi connectivity index (χ0) is 38.3. The van der Waals surface area contributed by atoms with E-state index in [1.54, 1.807) is 6.07 Å². The number of nitrogens with zero attached hydrogens (tertiary/aromatic N) is 4. The van der Waals surface area contributed by atoms with Gasteiger partial charge in [-0.05, 0) is 94.3 Å². The van der Waals surface area contributed by atoms with Crippen LogP contribution in [0.2, 0.25) is 0 Å². The zero-order valence-corrected chi connectivity index (χ0v) is 30.9. The highest BCUT2D eigenvalue weighted by molar-refractivity contribution is 6.12. The van der Waals surface area contributed by atoms with E-state index in [9.17, 15) is 23.7 Å². The van der Waals surface area contributed by atoms with Crippen LogP contribution in [0.15, 0.2) is 115 Å². The number of halogens is 3. The van der Waals surface area contributed by atoms with Crippen LogP contribution in [-0.4, -0.2) is 9.13 Å². The van der Waals surface area contributed by atoms with E-state index in [-0.39, 0.29) is 27.5 Å². The summed E-state index contributed by atoms with van der Waals surface area (Å²) in [5, 5.41) is 24.7. The van der Waals surface area contributed by atoms with Gasteiger partial charge in [-0.2, -0.15) is 23.7 Å². The first-order valence-electron chi connectivity index (χ1n) is 17.9. The van der Waals surface area contributed by atoms with Crippen molar-refractivity contribution in [2.75, 3.05) is 0 Å². The number of benzene rings is 6. The van der Waals surface area contributed by atoms with Crippen LogP contribution in [0.3, 0.4) is 0 Å². The molecule has 0 aliphatic carbocycles. The Hall–Kier alpha value is -6.31. The average Bonchev–Trinajstić information content (AvgIpc) is 3.65. The highest BCUT2D eigenvalue weighted by Crippen LogP contribution is 2.43. The highest BCUT2D eigenvalue weighted by Gasteiger charge is 2.32. The summed E-state index contributed by atoms with van der Waals surface area (Å²) in [7, 11) is 0. The Morgan fingerprint density at radius 3 is 1.43 bits per heavy atom. The molecule has 2 aromatic heterocycles. The maximum Gasteiger partial charge on any atom is 0.416 e. The van der Waals surface area contributed by atoms with Gasteiger partial charge in [0.15, 0.2) is 0 Å². The third-order valence-electron chi connectivity index (χ3n) is 10.5. The van der Waals surface area contributed by atoms with Gasteiger partial charge in [-0.1, -0.05) is 90.1 Å². The summed E-state index contributed by atoms with van der Waals surface area (Å²) in [4.78, 5) is 0. The van der Waals surface area contributed by atoms with Crippen molar-refractivity contribution in [1.82, 2.24) is 9.13 Å². The van der Waals surface area contributed by atoms with Gasteiger partial charge in [-0.15, -0.1) is 0 Å². The normalized spacial score (nSPS) is 12.5. The van der Waals surface area contributed by atoms with E-state index in [0.29, 0.717) is 16.9 Å². The number of fused-ring (bicyclic) bond motifs is 6. The smallest absolute Gasteiger partial charge is 0.307 e. The van der Waals surface area contributed by atoms with Crippen molar-refractivity contribution in [1.29, 1.82) is 10.5 Å². The first-order valence-corrected chi connectivity index (χ1v) is 17.9. The molecule has 0 radical (unpaired) electrons. The molecule has 7 heteroatoms. The van der Waals surface area contributed by atoms with E-state index >= 15 is 0 Å². The van der Waals surface area contributed by atoms with E-state index in [0.717, 1.165) is 55.7 Å². The molecule has 0 N–H and O–H groups in total. The maximum atomic E-state index is 14.2. The molecule has 0 atom stereocenters. The van der Waals surface area contributed by atoms with Crippen LogP contribution < -0.4 is 0 Å². The molecule has 0 bridgehead atoms. The fourth-order valence-electron chi connectivity index (χ4n) is 7.68. The fourth-order valence-corrected chi connectivity index (χ4v) is 7.68. The number of nitriles is 2. The van der Waals surface area contributed by atoms with Gasteiger partial charge >= 0.3 is 6.18 Å². The van der Waals surface area contributed by atoms with Gasteiger partial charge in [0.25, 0.3) is 0 Å². The van der Waals surface area contributed by atoms with Gasteiger partial charge in [0, 0.05) is 27.1 Å². The molecule has 8 rings (SSSR count). The third-order valence-corrected chi connectivity index (χ3v) is 10.5. The van der Waals surface area contributed by atoms with E-state index in [1.807, 2.05) is 42.5 Å². The molecule has 0 aliphatic rings. The quantitative estimate of drug-likeness (QED) is 0.183. The van der Waals surface area contributed by atoms with Gasteiger partial charge in [-0.25, -0.2) is 0 Å². The molecule has 54 heavy (non-hydrogen) atoms. The number of hydrogen-bond donors (Lipinski definition) is 0. The van der Waals surface area contributed by atoms with Crippen molar-refractivity contribution in [3.63, 3.8) is 0 Å². The molecule has 4 nitrogen and oxygen atoms in total. The molecule has 0 fully saturated rings. The minimum absolute atomic E-state index is 0.0969. The Morgan fingerprint density at radius 1 is 0.481 bits per heavy atom. The number of alkyl halides is 3. The first-order chi connectivity index (χ1) is 25.6. The SMILES string of the molecule is CC(C)(C)c1ccc2c(c1)c1ccccc1n2-c1cc(C#N)c(-c2cc(C#N)cc(C(F)(F)F)c2)cc1-n1c2ccccc2c2cc(C(C)(C)C)ccc21. The second-order valence-electron chi connectivity index (χ2n) is 16.1. The Labute approximate surface area is 311 Å². The second kappa shape index (κ2) is 12.1. The lowest BCUT2D eigenvalue weighted by Crippen LogP contribution is -2.11. The number of hydrogen-bond acceptors (Lipinski definition) is 2. The van der Waals surface area contributed by atoms with Gasteiger partial charge in [0.2, 0.25) is 0 Å². The molecule has 0 saturated carbocycles. The summed E-state index contributed by atoms with van der Waals surface area (Å²) in [6.07, 6.45) is -4.69. The predicted molar refractivity (Wildman–Crippen MR) is 212 cm³/mol. The third kappa shape index (κ3) is 5.60. The van der Waals surface area contributed by atoms with Crippen molar-refractivity contribution in [2.45, 2.75) is 58.5 Å².